The lowest BCUT2D eigenvalue weighted by molar-refractivity contribution is 0.124. The third kappa shape index (κ3) is 2.43. The molecule has 1 aliphatic heterocycles. The maximum absolute atomic E-state index is 11.1. The van der Waals surface area contributed by atoms with Gasteiger partial charge in [-0.1, -0.05) is 0 Å². The number of aliphatic hydroxyl groups is 1. The van der Waals surface area contributed by atoms with Crippen LogP contribution in [0.15, 0.2) is 5.51 Å². The van der Waals surface area contributed by atoms with Gasteiger partial charge in [-0.3, -0.25) is 0 Å². The minimum Gasteiger partial charge on any atom is -0.465 e. The van der Waals surface area contributed by atoms with E-state index in [4.69, 9.17) is 10.8 Å². The molecule has 0 saturated carbocycles. The number of amides is 1. The second-order valence-corrected chi connectivity index (χ2v) is 5.50. The first-order chi connectivity index (χ1) is 10.1. The third-order valence-electron chi connectivity index (χ3n) is 3.43. The van der Waals surface area contributed by atoms with E-state index in [0.29, 0.717) is 29.3 Å². The van der Waals surface area contributed by atoms with Crippen molar-refractivity contribution in [3.05, 3.63) is 5.51 Å². The van der Waals surface area contributed by atoms with Gasteiger partial charge in [0.2, 0.25) is 5.95 Å². The number of hydrogen-bond acceptors (Lipinski definition) is 8. The Morgan fingerprint density at radius 1 is 1.48 bits per heavy atom. The number of nitrogens with two attached hydrogens (primary N) is 1. The molecule has 0 aliphatic carbocycles. The molecule has 21 heavy (non-hydrogen) atoms. The predicted molar refractivity (Wildman–Crippen MR) is 77.4 cm³/mol. The molecule has 2 aromatic heterocycles. The second-order valence-electron chi connectivity index (χ2n) is 4.67. The highest BCUT2D eigenvalue weighted by atomic mass is 32.1. The molecule has 1 saturated heterocycles. The van der Waals surface area contributed by atoms with E-state index >= 15 is 0 Å². The lowest BCUT2D eigenvalue weighted by atomic mass is 10.2. The van der Waals surface area contributed by atoms with E-state index in [1.807, 2.05) is 4.90 Å². The summed E-state index contributed by atoms with van der Waals surface area (Å²) < 4.78 is 0. The molecule has 0 unspecified atom stereocenters. The average Bonchev–Trinajstić information content (AvgIpc) is 2.93. The summed E-state index contributed by atoms with van der Waals surface area (Å²) in [6.45, 7) is 0.780. The molecule has 0 spiro atoms. The summed E-state index contributed by atoms with van der Waals surface area (Å²) in [5, 5.41) is 18.6. The van der Waals surface area contributed by atoms with Crippen LogP contribution in [0.5, 0.6) is 0 Å². The standard InChI is InChI=1S/C11H14N6O3S/c12-10-14-8(7-9(15-10)21-5-13-7)17-2-1-16(11(19)20)3-6(17)4-18/h5-6,18H,1-4H2,(H,19,20)(H2,12,14,15)/t6-/m1/s1. The summed E-state index contributed by atoms with van der Waals surface area (Å²) in [7, 11) is 0. The number of aromatic nitrogens is 3. The van der Waals surface area contributed by atoms with Crippen molar-refractivity contribution >= 4 is 39.5 Å². The molecule has 1 atom stereocenters. The number of thiazole rings is 1. The summed E-state index contributed by atoms with van der Waals surface area (Å²) in [5.74, 6) is 0.682. The molecule has 1 aliphatic rings. The van der Waals surface area contributed by atoms with Gasteiger partial charge >= 0.3 is 6.09 Å². The first kappa shape index (κ1) is 13.8. The van der Waals surface area contributed by atoms with Crippen molar-refractivity contribution in [1.29, 1.82) is 0 Å². The number of carbonyl (C=O) groups is 1. The Labute approximate surface area is 123 Å². The largest absolute Gasteiger partial charge is 0.465 e. The van der Waals surface area contributed by atoms with Crippen LogP contribution in [-0.2, 0) is 0 Å². The molecule has 0 radical (unpaired) electrons. The van der Waals surface area contributed by atoms with E-state index in [0.717, 1.165) is 0 Å². The molecule has 2 aromatic rings. The van der Waals surface area contributed by atoms with Crippen LogP contribution in [0.3, 0.4) is 0 Å². The van der Waals surface area contributed by atoms with Gasteiger partial charge in [-0.2, -0.15) is 4.98 Å². The number of hydrogen-bond donors (Lipinski definition) is 3. The molecule has 112 valence electrons. The molecular formula is C11H14N6O3S. The van der Waals surface area contributed by atoms with Gasteiger partial charge in [0.25, 0.3) is 0 Å². The fraction of sp³-hybridized carbons (Fsp3) is 0.455. The number of nitrogens with zero attached hydrogens (tertiary/aromatic N) is 5. The number of anilines is 2. The van der Waals surface area contributed by atoms with Crippen molar-refractivity contribution in [3.63, 3.8) is 0 Å². The van der Waals surface area contributed by atoms with Crippen LogP contribution in [0.2, 0.25) is 0 Å². The first-order valence-electron chi connectivity index (χ1n) is 6.32. The summed E-state index contributed by atoms with van der Waals surface area (Å²) in [4.78, 5) is 27.4. The zero-order valence-electron chi connectivity index (χ0n) is 11.0. The van der Waals surface area contributed by atoms with Crippen molar-refractivity contribution < 1.29 is 15.0 Å². The maximum atomic E-state index is 11.1. The summed E-state index contributed by atoms with van der Waals surface area (Å²) >= 11 is 1.36. The van der Waals surface area contributed by atoms with Crippen molar-refractivity contribution in [2.75, 3.05) is 36.9 Å². The summed E-state index contributed by atoms with van der Waals surface area (Å²) in [6.07, 6.45) is -0.992. The Kier molecular flexibility index (Phi) is 3.47. The average molecular weight is 310 g/mol. The lowest BCUT2D eigenvalue weighted by Gasteiger charge is -2.40. The molecule has 4 N–H and O–H groups in total. The van der Waals surface area contributed by atoms with E-state index in [2.05, 4.69) is 15.0 Å². The molecule has 0 bridgehead atoms. The van der Waals surface area contributed by atoms with E-state index in [9.17, 15) is 9.90 Å². The molecule has 1 fully saturated rings. The Bertz CT molecular complexity index is 677. The van der Waals surface area contributed by atoms with Gasteiger partial charge in [0.1, 0.15) is 5.52 Å². The van der Waals surface area contributed by atoms with E-state index in [1.54, 1.807) is 5.51 Å². The minimum absolute atomic E-state index is 0.138. The smallest absolute Gasteiger partial charge is 0.407 e. The zero-order valence-corrected chi connectivity index (χ0v) is 11.8. The van der Waals surface area contributed by atoms with Crippen LogP contribution in [0.25, 0.3) is 10.3 Å². The van der Waals surface area contributed by atoms with Crippen molar-refractivity contribution in [2.45, 2.75) is 6.04 Å². The van der Waals surface area contributed by atoms with Gasteiger partial charge in [-0.15, -0.1) is 11.3 Å². The molecule has 1 amide bonds. The third-order valence-corrected chi connectivity index (χ3v) is 4.15. The number of nitrogen functional groups attached to an aromatic ring is 1. The van der Waals surface area contributed by atoms with Crippen LogP contribution >= 0.6 is 11.3 Å². The van der Waals surface area contributed by atoms with Crippen LogP contribution < -0.4 is 10.6 Å². The van der Waals surface area contributed by atoms with E-state index in [1.165, 1.54) is 16.2 Å². The fourth-order valence-corrected chi connectivity index (χ4v) is 3.09. The fourth-order valence-electron chi connectivity index (χ4n) is 2.43. The molecule has 3 rings (SSSR count). The summed E-state index contributed by atoms with van der Waals surface area (Å²) in [6, 6.07) is -0.381. The van der Waals surface area contributed by atoms with Crippen LogP contribution in [0.4, 0.5) is 16.6 Å². The molecule has 3 heterocycles. The van der Waals surface area contributed by atoms with E-state index in [-0.39, 0.29) is 25.1 Å². The van der Waals surface area contributed by atoms with Gasteiger partial charge in [0.15, 0.2) is 10.6 Å². The topological polar surface area (TPSA) is 129 Å². The van der Waals surface area contributed by atoms with E-state index < -0.39 is 6.09 Å². The Morgan fingerprint density at radius 3 is 3.00 bits per heavy atom. The highest BCUT2D eigenvalue weighted by Gasteiger charge is 2.31. The zero-order chi connectivity index (χ0) is 15.0. The lowest BCUT2D eigenvalue weighted by Crippen LogP contribution is -2.56. The van der Waals surface area contributed by atoms with Crippen LogP contribution in [-0.4, -0.2) is 68.4 Å². The first-order valence-corrected chi connectivity index (χ1v) is 7.20. The number of fused-ring (bicyclic) bond motifs is 1. The predicted octanol–water partition coefficient (Wildman–Crippen LogP) is -0.171. The Balaban J connectivity index is 1.98. The van der Waals surface area contributed by atoms with Crippen LogP contribution in [0, 0.1) is 0 Å². The number of piperazine rings is 1. The molecular weight excluding hydrogens is 296 g/mol. The summed E-state index contributed by atoms with van der Waals surface area (Å²) in [5.41, 5.74) is 7.99. The van der Waals surface area contributed by atoms with Gasteiger partial charge < -0.3 is 25.7 Å². The monoisotopic (exact) mass is 310 g/mol. The molecule has 0 aromatic carbocycles. The van der Waals surface area contributed by atoms with Gasteiger partial charge in [0.05, 0.1) is 18.2 Å². The quantitative estimate of drug-likeness (QED) is 0.697. The highest BCUT2D eigenvalue weighted by Crippen LogP contribution is 2.28. The number of rotatable bonds is 2. The van der Waals surface area contributed by atoms with Crippen molar-refractivity contribution in [1.82, 2.24) is 19.9 Å². The SMILES string of the molecule is Nc1nc(N2CCN(C(=O)O)C[C@@H]2CO)c2ncsc2n1. The minimum atomic E-state index is -0.992. The van der Waals surface area contributed by atoms with Crippen molar-refractivity contribution in [3.8, 4) is 0 Å². The Morgan fingerprint density at radius 2 is 2.29 bits per heavy atom. The Hall–Kier alpha value is -2.20. The maximum Gasteiger partial charge on any atom is 0.407 e. The number of carboxylic acid groups (broad SMARTS) is 1. The van der Waals surface area contributed by atoms with Gasteiger partial charge in [-0.25, -0.2) is 14.8 Å². The van der Waals surface area contributed by atoms with Crippen LogP contribution in [0.1, 0.15) is 0 Å². The second kappa shape index (κ2) is 5.30. The van der Waals surface area contributed by atoms with Gasteiger partial charge in [0, 0.05) is 19.6 Å². The molecule has 9 nitrogen and oxygen atoms in total. The van der Waals surface area contributed by atoms with Crippen molar-refractivity contribution in [2.24, 2.45) is 0 Å². The highest BCUT2D eigenvalue weighted by molar-refractivity contribution is 7.16. The molecule has 10 heteroatoms. The van der Waals surface area contributed by atoms with Gasteiger partial charge in [-0.05, 0) is 0 Å². The normalized spacial score (nSPS) is 19.2. The number of aliphatic hydroxyl groups excluding tert-OH is 1.